The molecule has 0 atom stereocenters. The standard InChI is InChI=1S/C58H34N6O/c59-35-39-33-46(58-61-56(37-21-7-2-8-22-37)60-57(62-58)38-23-9-3-10-24-38)55-51(43-29-15-18-32-49(43)65-55)52(39)64-48-31-17-14-28-42(48)50-53(64)44(36-19-5-1-6-20-36)34-45-41-27-13-16-30-47(41)63(54(45)50)40-25-11-4-12-26-40/h1-34H. The van der Waals surface area contributed by atoms with Gasteiger partial charge in [-0.05, 0) is 48.0 Å². The van der Waals surface area contributed by atoms with Gasteiger partial charge in [-0.3, -0.25) is 0 Å². The minimum Gasteiger partial charge on any atom is -0.455 e. The van der Waals surface area contributed by atoms with Gasteiger partial charge in [-0.1, -0.05) is 164 Å². The quantitative estimate of drug-likeness (QED) is 0.167. The minimum atomic E-state index is 0.408. The maximum atomic E-state index is 11.6. The van der Waals surface area contributed by atoms with Gasteiger partial charge < -0.3 is 13.6 Å². The van der Waals surface area contributed by atoms with E-state index in [4.69, 9.17) is 19.4 Å². The summed E-state index contributed by atoms with van der Waals surface area (Å²) < 4.78 is 11.7. The van der Waals surface area contributed by atoms with Gasteiger partial charge in [-0.25, -0.2) is 15.0 Å². The summed E-state index contributed by atoms with van der Waals surface area (Å²) in [7, 11) is 0. The first kappa shape index (κ1) is 36.5. The summed E-state index contributed by atoms with van der Waals surface area (Å²) in [5.74, 6) is 1.45. The van der Waals surface area contributed by atoms with Gasteiger partial charge >= 0.3 is 0 Å². The molecular weight excluding hydrogens is 797 g/mol. The lowest BCUT2D eigenvalue weighted by molar-refractivity contribution is 0.669. The van der Waals surface area contributed by atoms with E-state index in [1.807, 2.05) is 84.9 Å². The van der Waals surface area contributed by atoms with Crippen LogP contribution in [0.1, 0.15) is 5.56 Å². The van der Waals surface area contributed by atoms with E-state index < -0.39 is 0 Å². The van der Waals surface area contributed by atoms with Crippen LogP contribution in [0, 0.1) is 11.3 Å². The second-order valence-corrected chi connectivity index (χ2v) is 16.2. The Hall–Kier alpha value is -9.12. The Labute approximate surface area is 372 Å². The SMILES string of the molecule is N#Cc1cc(-c2nc(-c3ccccc3)nc(-c3ccccc3)n2)c2oc3ccccc3c2c1-n1c2ccccc2c2c1c(-c1ccccc1)cc1c3ccccc3n(-c3ccccc3)c12. The van der Waals surface area contributed by atoms with Crippen LogP contribution in [0.25, 0.3) is 122 Å². The molecule has 9 aromatic carbocycles. The number of fused-ring (bicyclic) bond motifs is 10. The van der Waals surface area contributed by atoms with Crippen LogP contribution in [0.4, 0.5) is 0 Å². The monoisotopic (exact) mass is 830 g/mol. The molecule has 0 aliphatic rings. The summed E-state index contributed by atoms with van der Waals surface area (Å²) in [5.41, 5.74) is 12.1. The first-order valence-electron chi connectivity index (χ1n) is 21.6. The Bertz CT molecular complexity index is 3990. The first-order valence-corrected chi connectivity index (χ1v) is 21.6. The fourth-order valence-electron chi connectivity index (χ4n) is 9.82. The molecule has 4 aromatic heterocycles. The molecule has 0 spiro atoms. The molecule has 7 heteroatoms. The number of nitriles is 1. The molecule has 0 N–H and O–H groups in total. The number of furan rings is 1. The zero-order valence-corrected chi connectivity index (χ0v) is 34.7. The van der Waals surface area contributed by atoms with Crippen molar-refractivity contribution in [3.63, 3.8) is 0 Å². The third-order valence-corrected chi connectivity index (χ3v) is 12.6. The molecule has 0 saturated heterocycles. The van der Waals surface area contributed by atoms with Gasteiger partial charge in [-0.15, -0.1) is 0 Å². The normalized spacial score (nSPS) is 11.7. The third kappa shape index (κ3) is 5.58. The van der Waals surface area contributed by atoms with E-state index in [9.17, 15) is 5.26 Å². The van der Waals surface area contributed by atoms with Crippen molar-refractivity contribution < 1.29 is 4.42 Å². The van der Waals surface area contributed by atoms with Crippen LogP contribution in [0.15, 0.2) is 211 Å². The highest BCUT2D eigenvalue weighted by atomic mass is 16.3. The van der Waals surface area contributed by atoms with Crippen LogP contribution in [-0.4, -0.2) is 24.1 Å². The van der Waals surface area contributed by atoms with Crippen LogP contribution >= 0.6 is 0 Å². The highest BCUT2D eigenvalue weighted by Crippen LogP contribution is 2.49. The van der Waals surface area contributed by atoms with Crippen molar-refractivity contribution in [2.45, 2.75) is 0 Å². The third-order valence-electron chi connectivity index (χ3n) is 12.6. The molecule has 0 aliphatic carbocycles. The van der Waals surface area contributed by atoms with E-state index in [0.717, 1.165) is 88.0 Å². The largest absolute Gasteiger partial charge is 0.455 e. The van der Waals surface area contributed by atoms with Crippen LogP contribution in [0.2, 0.25) is 0 Å². The molecule has 65 heavy (non-hydrogen) atoms. The minimum absolute atomic E-state index is 0.408. The Balaban J connectivity index is 1.22. The molecule has 7 nitrogen and oxygen atoms in total. The van der Waals surface area contributed by atoms with Gasteiger partial charge in [0, 0.05) is 49.3 Å². The number of benzene rings is 9. The van der Waals surface area contributed by atoms with E-state index in [1.54, 1.807) is 0 Å². The highest BCUT2D eigenvalue weighted by molar-refractivity contribution is 6.30. The molecule has 13 rings (SSSR count). The highest BCUT2D eigenvalue weighted by Gasteiger charge is 2.29. The van der Waals surface area contributed by atoms with Gasteiger partial charge in [0.25, 0.3) is 0 Å². The lowest BCUT2D eigenvalue weighted by Gasteiger charge is -2.17. The van der Waals surface area contributed by atoms with Gasteiger partial charge in [-0.2, -0.15) is 5.26 Å². The van der Waals surface area contributed by atoms with Crippen molar-refractivity contribution in [3.05, 3.63) is 212 Å². The number of para-hydroxylation sites is 4. The lowest BCUT2D eigenvalue weighted by Crippen LogP contribution is -2.03. The van der Waals surface area contributed by atoms with Gasteiger partial charge in [0.1, 0.15) is 17.2 Å². The Morgan fingerprint density at radius 3 is 1.58 bits per heavy atom. The van der Waals surface area contributed by atoms with Crippen molar-refractivity contribution in [3.8, 4) is 62.7 Å². The van der Waals surface area contributed by atoms with E-state index in [0.29, 0.717) is 39.8 Å². The van der Waals surface area contributed by atoms with Crippen LogP contribution in [0.3, 0.4) is 0 Å². The van der Waals surface area contributed by atoms with Gasteiger partial charge in [0.15, 0.2) is 17.5 Å². The summed E-state index contributed by atoms with van der Waals surface area (Å²) in [6, 6.07) is 73.2. The van der Waals surface area contributed by atoms with Crippen molar-refractivity contribution >= 4 is 65.6 Å². The average molecular weight is 831 g/mol. The zero-order valence-electron chi connectivity index (χ0n) is 34.7. The van der Waals surface area contributed by atoms with Crippen LogP contribution in [0.5, 0.6) is 0 Å². The molecule has 0 aliphatic heterocycles. The van der Waals surface area contributed by atoms with Crippen LogP contribution < -0.4 is 0 Å². The maximum Gasteiger partial charge on any atom is 0.167 e. The lowest BCUT2D eigenvalue weighted by atomic mass is 9.97. The molecular formula is C58H34N6O. The molecule has 0 radical (unpaired) electrons. The van der Waals surface area contributed by atoms with Gasteiger partial charge in [0.05, 0.1) is 44.3 Å². The predicted octanol–water partition coefficient (Wildman–Crippen LogP) is 14.5. The summed E-state index contributed by atoms with van der Waals surface area (Å²) in [6.07, 6.45) is 0. The molecule has 0 unspecified atom stereocenters. The zero-order chi connectivity index (χ0) is 43.0. The Morgan fingerprint density at radius 2 is 0.938 bits per heavy atom. The van der Waals surface area contributed by atoms with E-state index in [2.05, 4.69) is 137 Å². The Morgan fingerprint density at radius 1 is 0.415 bits per heavy atom. The smallest absolute Gasteiger partial charge is 0.167 e. The topological polar surface area (TPSA) is 85.5 Å². The van der Waals surface area contributed by atoms with Crippen molar-refractivity contribution in [1.82, 2.24) is 24.1 Å². The number of nitrogens with zero attached hydrogens (tertiary/aromatic N) is 6. The molecule has 0 amide bonds. The number of hydrogen-bond acceptors (Lipinski definition) is 5. The fourth-order valence-corrected chi connectivity index (χ4v) is 9.82. The first-order chi connectivity index (χ1) is 32.2. The predicted molar refractivity (Wildman–Crippen MR) is 262 cm³/mol. The van der Waals surface area contributed by atoms with E-state index >= 15 is 0 Å². The number of rotatable bonds is 6. The molecule has 0 fully saturated rings. The molecule has 4 heterocycles. The number of aromatic nitrogens is 5. The average Bonchev–Trinajstić information content (AvgIpc) is 4.05. The summed E-state index contributed by atoms with van der Waals surface area (Å²) in [5, 5.41) is 17.7. The molecule has 0 bridgehead atoms. The van der Waals surface area contributed by atoms with Crippen molar-refractivity contribution in [2.24, 2.45) is 0 Å². The van der Waals surface area contributed by atoms with E-state index in [1.165, 1.54) is 0 Å². The molecule has 0 saturated carbocycles. The second-order valence-electron chi connectivity index (χ2n) is 16.2. The van der Waals surface area contributed by atoms with Crippen molar-refractivity contribution in [2.75, 3.05) is 0 Å². The van der Waals surface area contributed by atoms with Crippen molar-refractivity contribution in [1.29, 1.82) is 5.26 Å². The fraction of sp³-hybridized carbons (Fsp3) is 0. The van der Waals surface area contributed by atoms with E-state index in [-0.39, 0.29) is 0 Å². The summed E-state index contributed by atoms with van der Waals surface area (Å²) >= 11 is 0. The molecule has 302 valence electrons. The van der Waals surface area contributed by atoms with Crippen LogP contribution in [-0.2, 0) is 0 Å². The summed E-state index contributed by atoms with van der Waals surface area (Å²) in [4.78, 5) is 15.2. The Kier molecular flexibility index (Phi) is 8.14. The number of hydrogen-bond donors (Lipinski definition) is 0. The second kappa shape index (κ2) is 14.5. The maximum absolute atomic E-state index is 11.6. The summed E-state index contributed by atoms with van der Waals surface area (Å²) in [6.45, 7) is 0. The molecule has 13 aromatic rings. The van der Waals surface area contributed by atoms with Gasteiger partial charge in [0.2, 0.25) is 0 Å².